The SMILES string of the molecule is Cc1ccc(NC(c2cccs2)c2nccn2C)cc1C. The number of thiophene rings is 1. The normalized spacial score (nSPS) is 12.3. The molecule has 1 N–H and O–H groups in total. The van der Waals surface area contributed by atoms with Gasteiger partial charge in [0, 0.05) is 30.0 Å². The Kier molecular flexibility index (Phi) is 3.80. The number of aryl methyl sites for hydroxylation is 3. The predicted octanol–water partition coefficient (Wildman–Crippen LogP) is 4.30. The van der Waals surface area contributed by atoms with E-state index < -0.39 is 0 Å². The Bertz CT molecular complexity index is 728. The van der Waals surface area contributed by atoms with Gasteiger partial charge in [-0.25, -0.2) is 4.98 Å². The Morgan fingerprint density at radius 3 is 2.67 bits per heavy atom. The number of rotatable bonds is 4. The average molecular weight is 297 g/mol. The molecule has 0 radical (unpaired) electrons. The van der Waals surface area contributed by atoms with E-state index in [0.717, 1.165) is 11.5 Å². The minimum absolute atomic E-state index is 0.0760. The second-order valence-electron chi connectivity index (χ2n) is 5.29. The minimum Gasteiger partial charge on any atom is -0.371 e. The summed E-state index contributed by atoms with van der Waals surface area (Å²) >= 11 is 1.75. The highest BCUT2D eigenvalue weighted by molar-refractivity contribution is 7.10. The van der Waals surface area contributed by atoms with Crippen LogP contribution in [0.3, 0.4) is 0 Å². The van der Waals surface area contributed by atoms with E-state index in [1.807, 2.05) is 19.4 Å². The maximum Gasteiger partial charge on any atom is 0.136 e. The van der Waals surface area contributed by atoms with Crippen molar-refractivity contribution in [1.82, 2.24) is 9.55 Å². The third kappa shape index (κ3) is 2.85. The van der Waals surface area contributed by atoms with Gasteiger partial charge in [-0.05, 0) is 48.6 Å². The van der Waals surface area contributed by atoms with E-state index in [1.165, 1.54) is 16.0 Å². The van der Waals surface area contributed by atoms with E-state index in [-0.39, 0.29) is 6.04 Å². The smallest absolute Gasteiger partial charge is 0.136 e. The van der Waals surface area contributed by atoms with Gasteiger partial charge in [-0.1, -0.05) is 12.1 Å². The topological polar surface area (TPSA) is 29.9 Å². The minimum atomic E-state index is 0.0760. The lowest BCUT2D eigenvalue weighted by molar-refractivity contribution is 0.756. The van der Waals surface area contributed by atoms with E-state index in [0.29, 0.717) is 0 Å². The van der Waals surface area contributed by atoms with Crippen molar-refractivity contribution in [3.05, 3.63) is 69.9 Å². The first-order chi connectivity index (χ1) is 10.1. The van der Waals surface area contributed by atoms with Crippen LogP contribution in [0.5, 0.6) is 0 Å². The summed E-state index contributed by atoms with van der Waals surface area (Å²) in [6.07, 6.45) is 3.83. The summed E-state index contributed by atoms with van der Waals surface area (Å²) in [7, 11) is 2.03. The summed E-state index contributed by atoms with van der Waals surface area (Å²) in [4.78, 5) is 5.78. The highest BCUT2D eigenvalue weighted by Crippen LogP contribution is 2.29. The largest absolute Gasteiger partial charge is 0.371 e. The van der Waals surface area contributed by atoms with Crippen molar-refractivity contribution in [3.8, 4) is 0 Å². The van der Waals surface area contributed by atoms with Crippen LogP contribution in [-0.4, -0.2) is 9.55 Å². The number of aromatic nitrogens is 2. The molecule has 0 bridgehead atoms. The Morgan fingerprint density at radius 1 is 1.19 bits per heavy atom. The van der Waals surface area contributed by atoms with Gasteiger partial charge in [0.2, 0.25) is 0 Å². The second-order valence-corrected chi connectivity index (χ2v) is 6.27. The molecule has 0 aliphatic heterocycles. The molecule has 0 aliphatic carbocycles. The number of nitrogens with one attached hydrogen (secondary N) is 1. The Hall–Kier alpha value is -2.07. The highest BCUT2D eigenvalue weighted by Gasteiger charge is 2.19. The summed E-state index contributed by atoms with van der Waals surface area (Å²) in [6.45, 7) is 4.27. The molecule has 108 valence electrons. The Labute approximate surface area is 129 Å². The fourth-order valence-electron chi connectivity index (χ4n) is 2.37. The molecular weight excluding hydrogens is 278 g/mol. The maximum absolute atomic E-state index is 4.52. The molecule has 3 aromatic rings. The number of nitrogens with zero attached hydrogens (tertiary/aromatic N) is 2. The van der Waals surface area contributed by atoms with Gasteiger partial charge in [0.25, 0.3) is 0 Å². The van der Waals surface area contributed by atoms with Crippen LogP contribution in [0.4, 0.5) is 5.69 Å². The van der Waals surface area contributed by atoms with Crippen LogP contribution >= 0.6 is 11.3 Å². The van der Waals surface area contributed by atoms with Gasteiger partial charge in [0.05, 0.1) is 0 Å². The summed E-state index contributed by atoms with van der Waals surface area (Å²) in [6, 6.07) is 10.8. The zero-order chi connectivity index (χ0) is 14.8. The van der Waals surface area contributed by atoms with Crippen LogP contribution in [0.1, 0.15) is 27.9 Å². The van der Waals surface area contributed by atoms with Gasteiger partial charge in [0.1, 0.15) is 11.9 Å². The third-order valence-corrected chi connectivity index (χ3v) is 4.70. The molecule has 1 aromatic carbocycles. The number of hydrogen-bond acceptors (Lipinski definition) is 3. The molecule has 3 nitrogen and oxygen atoms in total. The summed E-state index contributed by atoms with van der Waals surface area (Å²) in [5.74, 6) is 1.02. The fourth-order valence-corrected chi connectivity index (χ4v) is 3.14. The monoisotopic (exact) mass is 297 g/mol. The molecule has 3 rings (SSSR count). The first-order valence-electron chi connectivity index (χ1n) is 6.99. The van der Waals surface area contributed by atoms with Gasteiger partial charge in [0.15, 0.2) is 0 Å². The third-order valence-electron chi connectivity index (χ3n) is 3.76. The van der Waals surface area contributed by atoms with Gasteiger partial charge in [-0.15, -0.1) is 11.3 Å². The number of anilines is 1. The van der Waals surface area contributed by atoms with Crippen molar-refractivity contribution in [1.29, 1.82) is 0 Å². The van der Waals surface area contributed by atoms with Gasteiger partial charge in [-0.2, -0.15) is 0 Å². The molecule has 2 heterocycles. The van der Waals surface area contributed by atoms with Crippen molar-refractivity contribution >= 4 is 17.0 Å². The van der Waals surface area contributed by atoms with Crippen LogP contribution in [-0.2, 0) is 7.05 Å². The van der Waals surface area contributed by atoms with E-state index in [1.54, 1.807) is 11.3 Å². The number of imidazole rings is 1. The van der Waals surface area contributed by atoms with Gasteiger partial charge in [-0.3, -0.25) is 0 Å². The first kappa shape index (κ1) is 13.9. The fraction of sp³-hybridized carbons (Fsp3) is 0.235. The lowest BCUT2D eigenvalue weighted by Crippen LogP contribution is -2.15. The van der Waals surface area contributed by atoms with E-state index in [2.05, 4.69) is 64.4 Å². The first-order valence-corrected chi connectivity index (χ1v) is 7.87. The molecule has 0 aliphatic rings. The van der Waals surface area contributed by atoms with Gasteiger partial charge < -0.3 is 9.88 Å². The number of benzene rings is 1. The van der Waals surface area contributed by atoms with Crippen molar-refractivity contribution in [3.63, 3.8) is 0 Å². The van der Waals surface area contributed by atoms with Crippen molar-refractivity contribution in [2.75, 3.05) is 5.32 Å². The van der Waals surface area contributed by atoms with Crippen LogP contribution in [0.15, 0.2) is 48.1 Å². The van der Waals surface area contributed by atoms with Crippen molar-refractivity contribution < 1.29 is 0 Å². The molecule has 21 heavy (non-hydrogen) atoms. The van der Waals surface area contributed by atoms with Crippen LogP contribution in [0.2, 0.25) is 0 Å². The maximum atomic E-state index is 4.52. The van der Waals surface area contributed by atoms with Crippen molar-refractivity contribution in [2.24, 2.45) is 7.05 Å². The Morgan fingerprint density at radius 2 is 2.05 bits per heavy atom. The number of hydrogen-bond donors (Lipinski definition) is 1. The van der Waals surface area contributed by atoms with E-state index >= 15 is 0 Å². The molecule has 4 heteroatoms. The molecule has 0 saturated heterocycles. The summed E-state index contributed by atoms with van der Waals surface area (Å²) in [5, 5.41) is 5.72. The van der Waals surface area contributed by atoms with E-state index in [4.69, 9.17) is 0 Å². The lowest BCUT2D eigenvalue weighted by atomic mass is 10.1. The van der Waals surface area contributed by atoms with Crippen LogP contribution in [0, 0.1) is 13.8 Å². The molecule has 2 aromatic heterocycles. The quantitative estimate of drug-likeness (QED) is 0.778. The molecule has 0 amide bonds. The standard InChI is InChI=1S/C17H19N3S/c1-12-6-7-14(11-13(12)2)19-16(15-5-4-10-21-15)17-18-8-9-20(17)3/h4-11,16,19H,1-3H3. The highest BCUT2D eigenvalue weighted by atomic mass is 32.1. The van der Waals surface area contributed by atoms with E-state index in [9.17, 15) is 0 Å². The zero-order valence-electron chi connectivity index (χ0n) is 12.5. The zero-order valence-corrected chi connectivity index (χ0v) is 13.3. The van der Waals surface area contributed by atoms with Gasteiger partial charge >= 0.3 is 0 Å². The average Bonchev–Trinajstić information content (AvgIpc) is 3.12. The molecule has 1 atom stereocenters. The molecule has 0 saturated carbocycles. The predicted molar refractivity (Wildman–Crippen MR) is 88.9 cm³/mol. The summed E-state index contributed by atoms with van der Waals surface area (Å²) in [5.41, 5.74) is 3.73. The molecule has 0 fully saturated rings. The Balaban J connectivity index is 1.97. The van der Waals surface area contributed by atoms with Crippen LogP contribution < -0.4 is 5.32 Å². The molecular formula is C17H19N3S. The lowest BCUT2D eigenvalue weighted by Gasteiger charge is -2.19. The van der Waals surface area contributed by atoms with Crippen molar-refractivity contribution in [2.45, 2.75) is 19.9 Å². The van der Waals surface area contributed by atoms with Crippen LogP contribution in [0.25, 0.3) is 0 Å². The molecule has 1 unspecified atom stereocenters. The summed E-state index contributed by atoms with van der Waals surface area (Å²) < 4.78 is 2.07. The second kappa shape index (κ2) is 5.74. The molecule has 0 spiro atoms.